The number of anilines is 1. The number of H-pyrrole nitrogens is 1. The molecular formula is C15H21N5S. The van der Waals surface area contributed by atoms with Crippen LogP contribution in [-0.2, 0) is 0 Å². The van der Waals surface area contributed by atoms with E-state index in [9.17, 15) is 0 Å². The van der Waals surface area contributed by atoms with Crippen molar-refractivity contribution in [1.82, 2.24) is 19.3 Å². The lowest BCUT2D eigenvalue weighted by atomic mass is 9.87. The summed E-state index contributed by atoms with van der Waals surface area (Å²) in [6, 6.07) is 2.08. The number of nitrogens with one attached hydrogen (secondary N) is 1. The first kappa shape index (κ1) is 13.4. The molecule has 5 nitrogen and oxygen atoms in total. The topological polar surface area (TPSA) is 48.1 Å². The van der Waals surface area contributed by atoms with Gasteiger partial charge in [0, 0.05) is 31.6 Å². The SMILES string of the molecule is CCCSN1CCC12CCN(c1ncnc3[nH]ccc13)C2. The molecule has 0 aromatic carbocycles. The highest BCUT2D eigenvalue weighted by Crippen LogP contribution is 2.44. The minimum Gasteiger partial charge on any atom is -0.354 e. The van der Waals surface area contributed by atoms with Crippen LogP contribution < -0.4 is 4.90 Å². The number of aromatic nitrogens is 3. The van der Waals surface area contributed by atoms with Crippen LogP contribution in [-0.4, -0.2) is 50.2 Å². The Morgan fingerprint density at radius 3 is 3.05 bits per heavy atom. The molecule has 2 aliphatic heterocycles. The maximum atomic E-state index is 4.54. The van der Waals surface area contributed by atoms with Gasteiger partial charge in [-0.05, 0) is 25.3 Å². The van der Waals surface area contributed by atoms with Crippen LogP contribution in [0.25, 0.3) is 11.0 Å². The number of rotatable bonds is 4. The van der Waals surface area contributed by atoms with Gasteiger partial charge < -0.3 is 9.88 Å². The normalized spacial score (nSPS) is 25.9. The van der Waals surface area contributed by atoms with Crippen LogP contribution in [0.4, 0.5) is 5.82 Å². The second-order valence-corrected chi connectivity index (χ2v) is 7.13. The van der Waals surface area contributed by atoms with Gasteiger partial charge in [0.15, 0.2) is 0 Å². The highest BCUT2D eigenvalue weighted by molar-refractivity contribution is 7.97. The number of aromatic amines is 1. The third-order valence-electron chi connectivity index (χ3n) is 4.73. The predicted molar refractivity (Wildman–Crippen MR) is 87.5 cm³/mol. The molecule has 0 saturated carbocycles. The molecule has 0 bridgehead atoms. The predicted octanol–water partition coefficient (Wildman–Crippen LogP) is 2.67. The first-order valence-corrected chi connectivity index (χ1v) is 8.70. The van der Waals surface area contributed by atoms with Crippen molar-refractivity contribution in [2.24, 2.45) is 0 Å². The van der Waals surface area contributed by atoms with Gasteiger partial charge in [-0.1, -0.05) is 18.9 Å². The van der Waals surface area contributed by atoms with Gasteiger partial charge in [0.25, 0.3) is 0 Å². The smallest absolute Gasteiger partial charge is 0.142 e. The molecule has 1 unspecified atom stereocenters. The van der Waals surface area contributed by atoms with E-state index in [4.69, 9.17) is 0 Å². The summed E-state index contributed by atoms with van der Waals surface area (Å²) in [4.78, 5) is 14.5. The zero-order valence-electron chi connectivity index (χ0n) is 12.4. The van der Waals surface area contributed by atoms with E-state index in [2.05, 4.69) is 37.1 Å². The molecule has 2 aromatic heterocycles. The molecule has 1 atom stereocenters. The average molecular weight is 303 g/mol. The Hall–Kier alpha value is -1.27. The molecule has 4 rings (SSSR count). The lowest BCUT2D eigenvalue weighted by Gasteiger charge is -2.49. The Morgan fingerprint density at radius 1 is 1.33 bits per heavy atom. The van der Waals surface area contributed by atoms with Crippen molar-refractivity contribution in [3.63, 3.8) is 0 Å². The second-order valence-electron chi connectivity index (χ2n) is 6.02. The van der Waals surface area contributed by atoms with Crippen LogP contribution in [0.5, 0.6) is 0 Å². The average Bonchev–Trinajstić information content (AvgIpc) is 3.14. The van der Waals surface area contributed by atoms with Crippen LogP contribution in [0.2, 0.25) is 0 Å². The molecule has 2 aliphatic rings. The second kappa shape index (κ2) is 5.18. The number of nitrogens with zero attached hydrogens (tertiary/aromatic N) is 4. The summed E-state index contributed by atoms with van der Waals surface area (Å²) in [5, 5.41) is 1.14. The molecule has 21 heavy (non-hydrogen) atoms. The first-order chi connectivity index (χ1) is 10.3. The van der Waals surface area contributed by atoms with Gasteiger partial charge in [0.2, 0.25) is 0 Å². The summed E-state index contributed by atoms with van der Waals surface area (Å²) >= 11 is 2.03. The molecule has 1 N–H and O–H groups in total. The molecule has 2 fully saturated rings. The Labute approximate surface area is 129 Å². The summed E-state index contributed by atoms with van der Waals surface area (Å²) in [5.41, 5.74) is 1.32. The van der Waals surface area contributed by atoms with Gasteiger partial charge in [-0.25, -0.2) is 14.3 Å². The standard InChI is InChI=1S/C15H21N5S/c1-2-9-21-20-8-5-15(20)4-7-19(10-15)14-12-3-6-16-13(12)17-11-18-14/h3,6,11H,2,4-5,7-10H2,1H3,(H,16,17,18). The first-order valence-electron chi connectivity index (χ1n) is 7.76. The maximum absolute atomic E-state index is 4.54. The van der Waals surface area contributed by atoms with Crippen molar-refractivity contribution >= 4 is 28.8 Å². The van der Waals surface area contributed by atoms with Gasteiger partial charge in [-0.3, -0.25) is 0 Å². The Balaban J connectivity index is 1.55. The van der Waals surface area contributed by atoms with E-state index >= 15 is 0 Å². The Kier molecular flexibility index (Phi) is 3.30. The van der Waals surface area contributed by atoms with Crippen molar-refractivity contribution in [3.05, 3.63) is 18.6 Å². The highest BCUT2D eigenvalue weighted by atomic mass is 32.2. The largest absolute Gasteiger partial charge is 0.354 e. The fraction of sp³-hybridized carbons (Fsp3) is 0.600. The van der Waals surface area contributed by atoms with Gasteiger partial charge in [-0.15, -0.1) is 0 Å². The third kappa shape index (κ3) is 2.12. The Bertz CT molecular complexity index is 642. The lowest BCUT2D eigenvalue weighted by molar-refractivity contribution is 0.107. The molecule has 0 aliphatic carbocycles. The van der Waals surface area contributed by atoms with Crippen LogP contribution >= 0.6 is 11.9 Å². The van der Waals surface area contributed by atoms with Crippen molar-refractivity contribution in [2.75, 3.05) is 30.3 Å². The van der Waals surface area contributed by atoms with Gasteiger partial charge in [0.05, 0.1) is 10.9 Å². The quantitative estimate of drug-likeness (QED) is 0.880. The van der Waals surface area contributed by atoms with E-state index in [0.717, 1.165) is 29.9 Å². The van der Waals surface area contributed by atoms with Crippen molar-refractivity contribution in [2.45, 2.75) is 31.7 Å². The van der Waals surface area contributed by atoms with Gasteiger partial charge in [-0.2, -0.15) is 0 Å². The van der Waals surface area contributed by atoms with E-state index < -0.39 is 0 Å². The molecule has 0 amide bonds. The molecule has 6 heteroatoms. The van der Waals surface area contributed by atoms with Crippen molar-refractivity contribution < 1.29 is 0 Å². The third-order valence-corrected chi connectivity index (χ3v) is 6.20. The Morgan fingerprint density at radius 2 is 2.24 bits per heavy atom. The van der Waals surface area contributed by atoms with Gasteiger partial charge >= 0.3 is 0 Å². The van der Waals surface area contributed by atoms with E-state index in [1.54, 1.807) is 6.33 Å². The maximum Gasteiger partial charge on any atom is 0.142 e. The molecular weight excluding hydrogens is 282 g/mol. The van der Waals surface area contributed by atoms with Crippen LogP contribution in [0.1, 0.15) is 26.2 Å². The number of hydrogen-bond acceptors (Lipinski definition) is 5. The summed E-state index contributed by atoms with van der Waals surface area (Å²) in [6.45, 7) is 5.69. The zero-order valence-corrected chi connectivity index (χ0v) is 13.2. The summed E-state index contributed by atoms with van der Waals surface area (Å²) in [6.07, 6.45) is 7.43. The van der Waals surface area contributed by atoms with E-state index in [-0.39, 0.29) is 0 Å². The van der Waals surface area contributed by atoms with E-state index in [0.29, 0.717) is 5.54 Å². The summed E-state index contributed by atoms with van der Waals surface area (Å²) in [7, 11) is 0. The van der Waals surface area contributed by atoms with Crippen LogP contribution in [0, 0.1) is 0 Å². The molecule has 112 valence electrons. The molecule has 0 radical (unpaired) electrons. The molecule has 2 aromatic rings. The van der Waals surface area contributed by atoms with Crippen LogP contribution in [0.15, 0.2) is 18.6 Å². The van der Waals surface area contributed by atoms with Gasteiger partial charge in [0.1, 0.15) is 17.8 Å². The lowest BCUT2D eigenvalue weighted by Crippen LogP contribution is -2.57. The van der Waals surface area contributed by atoms with Crippen LogP contribution in [0.3, 0.4) is 0 Å². The van der Waals surface area contributed by atoms with E-state index in [1.807, 2.05) is 18.1 Å². The zero-order chi connectivity index (χ0) is 14.3. The molecule has 2 saturated heterocycles. The van der Waals surface area contributed by atoms with Crippen molar-refractivity contribution in [3.8, 4) is 0 Å². The van der Waals surface area contributed by atoms with Crippen molar-refractivity contribution in [1.29, 1.82) is 0 Å². The fourth-order valence-electron chi connectivity index (χ4n) is 3.48. The highest BCUT2D eigenvalue weighted by Gasteiger charge is 2.49. The summed E-state index contributed by atoms with van der Waals surface area (Å²) < 4.78 is 2.62. The summed E-state index contributed by atoms with van der Waals surface area (Å²) in [5.74, 6) is 2.32. The minimum absolute atomic E-state index is 0.382. The number of fused-ring (bicyclic) bond motifs is 1. The monoisotopic (exact) mass is 303 g/mol. The van der Waals surface area contributed by atoms with E-state index in [1.165, 1.54) is 31.6 Å². The fourth-order valence-corrected chi connectivity index (χ4v) is 4.62. The molecule has 4 heterocycles. The number of hydrogen-bond donors (Lipinski definition) is 1. The molecule has 1 spiro atoms. The minimum atomic E-state index is 0.382.